The number of allylic oxidation sites excluding steroid dienone is 4. The lowest BCUT2D eigenvalue weighted by Crippen LogP contribution is -2.23. The highest BCUT2D eigenvalue weighted by atomic mass is 15.3. The van der Waals surface area contributed by atoms with E-state index in [9.17, 15) is 0 Å². The predicted molar refractivity (Wildman–Crippen MR) is 143 cm³/mol. The maximum Gasteiger partial charge on any atom is 0.130 e. The Bertz CT molecular complexity index is 793. The van der Waals surface area contributed by atoms with E-state index in [0.717, 1.165) is 47.7 Å². The van der Waals surface area contributed by atoms with Crippen molar-refractivity contribution in [2.75, 3.05) is 20.1 Å². The van der Waals surface area contributed by atoms with Gasteiger partial charge in [-0.2, -0.15) is 5.10 Å². The van der Waals surface area contributed by atoms with Crippen LogP contribution in [-0.4, -0.2) is 36.1 Å². The minimum atomic E-state index is 0.621. The molecule has 32 heavy (non-hydrogen) atoms. The Kier molecular flexibility index (Phi) is 16.2. The fraction of sp³-hybridized carbons (Fsp3) is 0.481. The second-order valence-electron chi connectivity index (χ2n) is 7.94. The molecule has 5 nitrogen and oxygen atoms in total. The quantitative estimate of drug-likeness (QED) is 0.153. The second-order valence-corrected chi connectivity index (χ2v) is 7.94. The first-order chi connectivity index (χ1) is 15.3. The van der Waals surface area contributed by atoms with Crippen LogP contribution in [0.15, 0.2) is 66.0 Å². The van der Waals surface area contributed by atoms with Crippen LogP contribution in [0.2, 0.25) is 0 Å². The molecule has 178 valence electrons. The number of nitrogens with zero attached hydrogens (tertiary/aromatic N) is 3. The summed E-state index contributed by atoms with van der Waals surface area (Å²) in [6.45, 7) is 23.7. The summed E-state index contributed by atoms with van der Waals surface area (Å²) in [5, 5.41) is 11.3. The van der Waals surface area contributed by atoms with E-state index in [0.29, 0.717) is 6.54 Å². The summed E-state index contributed by atoms with van der Waals surface area (Å²) >= 11 is 0. The van der Waals surface area contributed by atoms with E-state index in [1.54, 1.807) is 13.1 Å². The number of hydrogen-bond acceptors (Lipinski definition) is 4. The van der Waals surface area contributed by atoms with E-state index in [-0.39, 0.29) is 0 Å². The molecule has 1 aromatic rings. The maximum atomic E-state index is 4.48. The van der Waals surface area contributed by atoms with Crippen molar-refractivity contribution in [3.63, 3.8) is 0 Å². The Balaban J connectivity index is 0.00000118. The topological polar surface area (TPSA) is 54.2 Å². The number of aliphatic imine (C=N–C) groups is 1. The summed E-state index contributed by atoms with van der Waals surface area (Å²) in [7, 11) is 1.76. The van der Waals surface area contributed by atoms with Crippen LogP contribution in [0.1, 0.15) is 64.1 Å². The van der Waals surface area contributed by atoms with Crippen LogP contribution in [0.5, 0.6) is 0 Å². The van der Waals surface area contributed by atoms with Gasteiger partial charge >= 0.3 is 0 Å². The molecule has 0 atom stereocenters. The van der Waals surface area contributed by atoms with Crippen molar-refractivity contribution < 1.29 is 0 Å². The number of nitrogens with one attached hydrogen (secondary N) is 2. The molecular formula is C27H45N5. The van der Waals surface area contributed by atoms with Crippen molar-refractivity contribution in [2.24, 2.45) is 4.99 Å². The Morgan fingerprint density at radius 1 is 1.16 bits per heavy atom. The molecule has 0 aliphatic rings. The molecule has 1 rings (SSSR count). The molecular weight excluding hydrogens is 394 g/mol. The molecule has 0 aliphatic carbocycles. The molecule has 0 bridgehead atoms. The van der Waals surface area contributed by atoms with Crippen molar-refractivity contribution in [2.45, 2.75) is 66.7 Å². The van der Waals surface area contributed by atoms with E-state index in [1.165, 1.54) is 24.8 Å². The Hall–Kier alpha value is -2.82. The van der Waals surface area contributed by atoms with Gasteiger partial charge in [0.1, 0.15) is 5.82 Å². The van der Waals surface area contributed by atoms with Gasteiger partial charge in [0.25, 0.3) is 0 Å². The monoisotopic (exact) mass is 439 g/mol. The van der Waals surface area contributed by atoms with Crippen LogP contribution < -0.4 is 10.6 Å². The van der Waals surface area contributed by atoms with Crippen molar-refractivity contribution in [1.29, 1.82) is 0 Å². The summed E-state index contributed by atoms with van der Waals surface area (Å²) in [6.07, 6.45) is 15.4. The molecule has 0 fully saturated rings. The third-order valence-corrected chi connectivity index (χ3v) is 4.73. The zero-order valence-corrected chi connectivity index (χ0v) is 21.3. The van der Waals surface area contributed by atoms with E-state index in [4.69, 9.17) is 0 Å². The van der Waals surface area contributed by atoms with E-state index in [2.05, 4.69) is 75.1 Å². The minimum Gasteiger partial charge on any atom is -0.385 e. The largest absolute Gasteiger partial charge is 0.385 e. The first kappa shape index (κ1) is 29.2. The highest BCUT2D eigenvalue weighted by Gasteiger charge is 2.08. The average Bonchev–Trinajstić information content (AvgIpc) is 3.08. The summed E-state index contributed by atoms with van der Waals surface area (Å²) < 4.78 is 1.90. The van der Waals surface area contributed by atoms with Crippen LogP contribution in [0, 0.1) is 13.8 Å². The molecule has 0 saturated heterocycles. The van der Waals surface area contributed by atoms with Crippen molar-refractivity contribution in [3.05, 3.63) is 72.3 Å². The first-order valence-electron chi connectivity index (χ1n) is 11.6. The molecule has 0 radical (unpaired) electrons. The summed E-state index contributed by atoms with van der Waals surface area (Å²) in [5.41, 5.74) is 5.45. The summed E-state index contributed by atoms with van der Waals surface area (Å²) in [5.74, 6) is 0.874. The standard InChI is InChI=1S/C20H31N5.C7H14/c1-7-9-11-22-17(4)12-20(25-18(5)16(3)13-24-25)23-15-19(10-8-2)14-21-6;1-4-5-6-7(2)3/h8,10,12-14,22-23H,2,4,7,9,11,15H2,1,3,5-6H3;2,4-6H2,1,3H3/b19-10+,20-12-,21-14?;. The molecule has 1 heterocycles. The van der Waals surface area contributed by atoms with Gasteiger partial charge in [0.05, 0.1) is 6.20 Å². The van der Waals surface area contributed by atoms with Gasteiger partial charge in [-0.25, -0.2) is 4.68 Å². The molecule has 0 aliphatic heterocycles. The number of rotatable bonds is 14. The normalized spacial score (nSPS) is 11.7. The van der Waals surface area contributed by atoms with Gasteiger partial charge in [0.15, 0.2) is 0 Å². The van der Waals surface area contributed by atoms with Gasteiger partial charge in [-0.1, -0.05) is 57.6 Å². The van der Waals surface area contributed by atoms with Crippen molar-refractivity contribution >= 4 is 12.0 Å². The van der Waals surface area contributed by atoms with Gasteiger partial charge in [-0.3, -0.25) is 4.99 Å². The molecule has 1 aromatic heterocycles. The lowest BCUT2D eigenvalue weighted by atomic mass is 10.2. The van der Waals surface area contributed by atoms with E-state index >= 15 is 0 Å². The van der Waals surface area contributed by atoms with Crippen LogP contribution in [0.25, 0.3) is 5.82 Å². The molecule has 0 amide bonds. The third-order valence-electron chi connectivity index (χ3n) is 4.73. The molecule has 0 unspecified atom stereocenters. The molecule has 0 aromatic carbocycles. The highest BCUT2D eigenvalue weighted by molar-refractivity contribution is 5.79. The highest BCUT2D eigenvalue weighted by Crippen LogP contribution is 2.11. The first-order valence-corrected chi connectivity index (χ1v) is 11.6. The smallest absolute Gasteiger partial charge is 0.130 e. The Labute approximate surface area is 196 Å². The van der Waals surface area contributed by atoms with E-state index < -0.39 is 0 Å². The van der Waals surface area contributed by atoms with Crippen molar-refractivity contribution in [3.8, 4) is 0 Å². The fourth-order valence-corrected chi connectivity index (χ4v) is 2.70. The summed E-state index contributed by atoms with van der Waals surface area (Å²) in [6, 6.07) is 0. The zero-order valence-electron chi connectivity index (χ0n) is 21.3. The third kappa shape index (κ3) is 12.8. The van der Waals surface area contributed by atoms with Gasteiger partial charge < -0.3 is 10.6 Å². The maximum absolute atomic E-state index is 4.48. The number of hydrogen-bond donors (Lipinski definition) is 2. The summed E-state index contributed by atoms with van der Waals surface area (Å²) in [4.78, 5) is 4.08. The number of aromatic nitrogens is 2. The van der Waals surface area contributed by atoms with Gasteiger partial charge in [-0.05, 0) is 51.2 Å². The number of aryl methyl sites for hydroxylation is 1. The Morgan fingerprint density at radius 3 is 2.31 bits per heavy atom. The number of unbranched alkanes of at least 4 members (excludes halogenated alkanes) is 2. The van der Waals surface area contributed by atoms with Crippen LogP contribution in [0.4, 0.5) is 0 Å². The predicted octanol–water partition coefficient (Wildman–Crippen LogP) is 6.36. The average molecular weight is 440 g/mol. The SMILES string of the molecule is C=C(C)CCCC.C=C/C=C(\C=NC)CN/C(=C/C(=C)NCCCC)n1ncc(C)c1C. The molecule has 5 heteroatoms. The molecule has 0 spiro atoms. The van der Waals surface area contributed by atoms with Gasteiger partial charge in [0.2, 0.25) is 0 Å². The second kappa shape index (κ2) is 17.8. The van der Waals surface area contributed by atoms with Crippen molar-refractivity contribution in [1.82, 2.24) is 20.4 Å². The van der Waals surface area contributed by atoms with Crippen LogP contribution >= 0.6 is 0 Å². The lowest BCUT2D eigenvalue weighted by molar-refractivity contribution is 0.717. The van der Waals surface area contributed by atoms with E-state index in [1.807, 2.05) is 29.2 Å². The lowest BCUT2D eigenvalue weighted by Gasteiger charge is -2.15. The van der Waals surface area contributed by atoms with Gasteiger partial charge in [-0.15, -0.1) is 6.58 Å². The Morgan fingerprint density at radius 2 is 1.84 bits per heavy atom. The minimum absolute atomic E-state index is 0.621. The van der Waals surface area contributed by atoms with Crippen LogP contribution in [0.3, 0.4) is 0 Å². The zero-order chi connectivity index (χ0) is 24.4. The van der Waals surface area contributed by atoms with Crippen LogP contribution in [-0.2, 0) is 0 Å². The van der Waals surface area contributed by atoms with Gasteiger partial charge in [0, 0.05) is 43.8 Å². The molecule has 0 saturated carbocycles. The molecule has 2 N–H and O–H groups in total. The fourth-order valence-electron chi connectivity index (χ4n) is 2.70.